The second-order valence-corrected chi connectivity index (χ2v) is 6.71. The number of nitrogens with one attached hydrogen (secondary N) is 2. The molecule has 0 saturated carbocycles. The SMILES string of the molecule is COc1cc(NCc2ccc(C(=O)N/C(=C/SC)CN)cc2)cc(OC)c1OC. The monoisotopic (exact) mass is 417 g/mol. The molecule has 0 saturated heterocycles. The summed E-state index contributed by atoms with van der Waals surface area (Å²) in [5.41, 5.74) is 8.75. The molecule has 0 bridgehead atoms. The van der Waals surface area contributed by atoms with Gasteiger partial charge in [-0.2, -0.15) is 0 Å². The fourth-order valence-corrected chi connectivity index (χ4v) is 3.09. The van der Waals surface area contributed by atoms with Gasteiger partial charge in [-0.3, -0.25) is 4.79 Å². The lowest BCUT2D eigenvalue weighted by Crippen LogP contribution is -2.26. The lowest BCUT2D eigenvalue weighted by atomic mass is 10.1. The topological polar surface area (TPSA) is 94.8 Å². The standard InChI is InChI=1S/C21H27N3O4S/c1-26-18-9-16(10-19(27-2)20(18)28-3)23-12-14-5-7-15(8-6-14)21(25)24-17(11-22)13-29-4/h5-10,13,23H,11-12,22H2,1-4H3,(H,24,25)/b17-13+. The van der Waals surface area contributed by atoms with E-state index in [0.29, 0.717) is 35.1 Å². The zero-order valence-electron chi connectivity index (χ0n) is 17.1. The third kappa shape index (κ3) is 6.07. The van der Waals surface area contributed by atoms with Gasteiger partial charge in [-0.25, -0.2) is 0 Å². The molecule has 0 aliphatic heterocycles. The van der Waals surface area contributed by atoms with Gasteiger partial charge in [0.1, 0.15) is 0 Å². The number of rotatable bonds is 10. The summed E-state index contributed by atoms with van der Waals surface area (Å²) in [5, 5.41) is 7.97. The molecule has 0 aliphatic rings. The van der Waals surface area contributed by atoms with Crippen LogP contribution in [0.2, 0.25) is 0 Å². The van der Waals surface area contributed by atoms with Crippen LogP contribution in [0.4, 0.5) is 5.69 Å². The van der Waals surface area contributed by atoms with E-state index in [9.17, 15) is 4.79 Å². The molecule has 7 nitrogen and oxygen atoms in total. The van der Waals surface area contributed by atoms with Crippen molar-refractivity contribution in [2.75, 3.05) is 39.4 Å². The van der Waals surface area contributed by atoms with E-state index < -0.39 is 0 Å². The molecule has 2 aromatic rings. The van der Waals surface area contributed by atoms with Crippen molar-refractivity contribution in [3.63, 3.8) is 0 Å². The lowest BCUT2D eigenvalue weighted by Gasteiger charge is -2.15. The summed E-state index contributed by atoms with van der Waals surface area (Å²) in [7, 11) is 4.73. The number of anilines is 1. The Balaban J connectivity index is 2.05. The Bertz CT molecular complexity index is 828. The van der Waals surface area contributed by atoms with Crippen molar-refractivity contribution >= 4 is 23.4 Å². The van der Waals surface area contributed by atoms with Crippen LogP contribution >= 0.6 is 11.8 Å². The van der Waals surface area contributed by atoms with Gasteiger partial charge in [0.15, 0.2) is 11.5 Å². The number of carbonyl (C=O) groups excluding carboxylic acids is 1. The highest BCUT2D eigenvalue weighted by molar-refractivity contribution is 8.01. The largest absolute Gasteiger partial charge is 0.493 e. The van der Waals surface area contributed by atoms with E-state index in [1.807, 2.05) is 35.9 Å². The van der Waals surface area contributed by atoms with Gasteiger partial charge >= 0.3 is 0 Å². The molecule has 0 aliphatic carbocycles. The van der Waals surface area contributed by atoms with E-state index in [0.717, 1.165) is 11.3 Å². The predicted molar refractivity (Wildman–Crippen MR) is 118 cm³/mol. The fraction of sp³-hybridized carbons (Fsp3) is 0.286. The molecule has 0 fully saturated rings. The van der Waals surface area contributed by atoms with Crippen molar-refractivity contribution < 1.29 is 19.0 Å². The lowest BCUT2D eigenvalue weighted by molar-refractivity contribution is 0.0965. The molecule has 0 atom stereocenters. The van der Waals surface area contributed by atoms with E-state index in [4.69, 9.17) is 19.9 Å². The van der Waals surface area contributed by atoms with Gasteiger partial charge in [0.25, 0.3) is 5.91 Å². The summed E-state index contributed by atoms with van der Waals surface area (Å²) in [5.74, 6) is 1.52. The molecular weight excluding hydrogens is 390 g/mol. The highest BCUT2D eigenvalue weighted by Gasteiger charge is 2.13. The van der Waals surface area contributed by atoms with Crippen molar-refractivity contribution in [2.24, 2.45) is 5.73 Å². The molecule has 0 aromatic heterocycles. The van der Waals surface area contributed by atoms with E-state index in [2.05, 4.69) is 10.6 Å². The highest BCUT2D eigenvalue weighted by Crippen LogP contribution is 2.40. The third-order valence-electron chi connectivity index (χ3n) is 4.13. The first-order valence-electron chi connectivity index (χ1n) is 8.92. The molecule has 0 heterocycles. The Labute approximate surface area is 175 Å². The van der Waals surface area contributed by atoms with E-state index in [1.54, 1.807) is 33.5 Å². The van der Waals surface area contributed by atoms with Crippen molar-refractivity contribution in [1.29, 1.82) is 0 Å². The summed E-state index contributed by atoms with van der Waals surface area (Å²) >= 11 is 1.50. The first-order chi connectivity index (χ1) is 14.1. The smallest absolute Gasteiger partial charge is 0.255 e. The van der Waals surface area contributed by atoms with Crippen LogP contribution in [0.25, 0.3) is 0 Å². The van der Waals surface area contributed by atoms with Crippen LogP contribution < -0.4 is 30.6 Å². The Morgan fingerprint density at radius 3 is 2.17 bits per heavy atom. The molecule has 2 rings (SSSR count). The summed E-state index contributed by atoms with van der Waals surface area (Å²) in [6.45, 7) is 0.852. The maximum atomic E-state index is 12.3. The zero-order chi connectivity index (χ0) is 21.2. The van der Waals surface area contributed by atoms with E-state index in [-0.39, 0.29) is 12.5 Å². The van der Waals surface area contributed by atoms with Crippen molar-refractivity contribution in [2.45, 2.75) is 6.54 Å². The minimum Gasteiger partial charge on any atom is -0.493 e. The van der Waals surface area contributed by atoms with Crippen LogP contribution in [0.3, 0.4) is 0 Å². The van der Waals surface area contributed by atoms with Gasteiger partial charge in [-0.05, 0) is 29.4 Å². The molecule has 0 unspecified atom stereocenters. The number of nitrogens with two attached hydrogens (primary N) is 1. The average molecular weight is 418 g/mol. The summed E-state index contributed by atoms with van der Waals surface area (Å²) in [4.78, 5) is 12.3. The first-order valence-corrected chi connectivity index (χ1v) is 10.2. The summed E-state index contributed by atoms with van der Waals surface area (Å²) < 4.78 is 16.1. The minimum absolute atomic E-state index is 0.181. The molecular formula is C21H27N3O4S. The Morgan fingerprint density at radius 2 is 1.69 bits per heavy atom. The van der Waals surface area contributed by atoms with Crippen LogP contribution in [-0.2, 0) is 6.54 Å². The number of hydrogen-bond donors (Lipinski definition) is 3. The molecule has 29 heavy (non-hydrogen) atoms. The highest BCUT2D eigenvalue weighted by atomic mass is 32.2. The van der Waals surface area contributed by atoms with Gasteiger partial charge in [0.05, 0.1) is 21.3 Å². The minimum atomic E-state index is -0.181. The van der Waals surface area contributed by atoms with Crippen molar-refractivity contribution in [1.82, 2.24) is 5.32 Å². The van der Waals surface area contributed by atoms with Crippen molar-refractivity contribution in [3.8, 4) is 17.2 Å². The van der Waals surface area contributed by atoms with Gasteiger partial charge < -0.3 is 30.6 Å². The summed E-state index contributed by atoms with van der Waals surface area (Å²) in [6.07, 6.45) is 1.91. The maximum Gasteiger partial charge on any atom is 0.255 e. The number of carbonyl (C=O) groups is 1. The van der Waals surface area contributed by atoms with Crippen LogP contribution in [0.1, 0.15) is 15.9 Å². The molecule has 0 radical (unpaired) electrons. The zero-order valence-corrected chi connectivity index (χ0v) is 17.9. The van der Waals surface area contributed by atoms with Gasteiger partial charge in [-0.15, -0.1) is 11.8 Å². The molecule has 8 heteroatoms. The normalized spacial score (nSPS) is 11.0. The molecule has 2 aromatic carbocycles. The Kier molecular flexibility index (Phi) is 8.69. The maximum absolute atomic E-state index is 12.3. The molecule has 156 valence electrons. The van der Waals surface area contributed by atoms with E-state index >= 15 is 0 Å². The molecule has 0 spiro atoms. The van der Waals surface area contributed by atoms with Crippen molar-refractivity contribution in [3.05, 3.63) is 58.6 Å². The third-order valence-corrected chi connectivity index (χ3v) is 4.65. The number of methoxy groups -OCH3 is 3. The van der Waals surface area contributed by atoms with Gasteiger partial charge in [0.2, 0.25) is 5.75 Å². The second kappa shape index (κ2) is 11.2. The van der Waals surface area contributed by atoms with Crippen LogP contribution in [0.15, 0.2) is 47.5 Å². The molecule has 1 amide bonds. The summed E-state index contributed by atoms with van der Waals surface area (Å²) in [6, 6.07) is 11.1. The second-order valence-electron chi connectivity index (χ2n) is 6.00. The first kappa shape index (κ1) is 22.4. The predicted octanol–water partition coefficient (Wildman–Crippen LogP) is 3.22. The molecule has 4 N–H and O–H groups in total. The number of thioether (sulfide) groups is 1. The Hall–Kier alpha value is -2.84. The fourth-order valence-electron chi connectivity index (χ4n) is 2.65. The number of hydrogen-bond acceptors (Lipinski definition) is 7. The van der Waals surface area contributed by atoms with Gasteiger partial charge in [0, 0.05) is 42.2 Å². The average Bonchev–Trinajstić information content (AvgIpc) is 2.76. The number of ether oxygens (including phenoxy) is 3. The van der Waals surface area contributed by atoms with Crippen LogP contribution in [0, 0.1) is 0 Å². The number of benzene rings is 2. The van der Waals surface area contributed by atoms with Crippen LogP contribution in [-0.4, -0.2) is 40.0 Å². The Morgan fingerprint density at radius 1 is 1.07 bits per heavy atom. The quantitative estimate of drug-likeness (QED) is 0.546. The van der Waals surface area contributed by atoms with Crippen LogP contribution in [0.5, 0.6) is 17.2 Å². The van der Waals surface area contributed by atoms with Gasteiger partial charge in [-0.1, -0.05) is 12.1 Å². The number of amides is 1. The van der Waals surface area contributed by atoms with E-state index in [1.165, 1.54) is 11.8 Å².